The fourth-order valence-corrected chi connectivity index (χ4v) is 2.57. The molecule has 0 unspecified atom stereocenters. The summed E-state index contributed by atoms with van der Waals surface area (Å²) in [4.78, 5) is 12.6. The van der Waals surface area contributed by atoms with Gasteiger partial charge in [-0.2, -0.15) is 0 Å². The van der Waals surface area contributed by atoms with Crippen molar-refractivity contribution in [1.82, 2.24) is 0 Å². The van der Waals surface area contributed by atoms with E-state index in [1.54, 1.807) is 24.3 Å². The lowest BCUT2D eigenvalue weighted by Gasteiger charge is -2.06. The lowest BCUT2D eigenvalue weighted by atomic mass is 10.3. The third-order valence-electron chi connectivity index (χ3n) is 2.23. The number of rotatable bonds is 3. The molecule has 0 aliphatic rings. The predicted octanol–water partition coefficient (Wildman–Crippen LogP) is 4.42. The van der Waals surface area contributed by atoms with E-state index in [0.29, 0.717) is 21.3 Å². The van der Waals surface area contributed by atoms with Gasteiger partial charge in [-0.1, -0.05) is 11.6 Å². The van der Waals surface area contributed by atoms with Crippen LogP contribution in [0, 0.1) is 0 Å². The Balaban J connectivity index is 2.19. The van der Waals surface area contributed by atoms with E-state index in [-0.39, 0.29) is 5.91 Å². The van der Waals surface area contributed by atoms with Crippen molar-refractivity contribution in [3.63, 3.8) is 0 Å². The van der Waals surface area contributed by atoms with Crippen molar-refractivity contribution in [3.05, 3.63) is 44.0 Å². The number of anilines is 1. The highest BCUT2D eigenvalue weighted by molar-refractivity contribution is 9.10. The second kappa shape index (κ2) is 5.73. The maximum atomic E-state index is 12.0. The van der Waals surface area contributed by atoms with Gasteiger partial charge in [-0.15, -0.1) is 11.3 Å². The second-order valence-electron chi connectivity index (χ2n) is 3.40. The van der Waals surface area contributed by atoms with Gasteiger partial charge >= 0.3 is 0 Å². The predicted molar refractivity (Wildman–Crippen MR) is 78.0 cm³/mol. The summed E-state index contributed by atoms with van der Waals surface area (Å²) >= 11 is 10.6. The minimum Gasteiger partial charge on any atom is -0.495 e. The highest BCUT2D eigenvalue weighted by Crippen LogP contribution is 2.28. The van der Waals surface area contributed by atoms with Gasteiger partial charge < -0.3 is 10.1 Å². The molecule has 0 bridgehead atoms. The standard InChI is InChI=1S/C12H9BrClNO2S/c1-17-10-4-5-18-11(10)12(16)15-7-2-3-8(13)9(14)6-7/h2-6H,1H3,(H,15,16). The Labute approximate surface area is 122 Å². The van der Waals surface area contributed by atoms with Gasteiger partial charge in [-0.25, -0.2) is 0 Å². The largest absolute Gasteiger partial charge is 0.495 e. The summed E-state index contributed by atoms with van der Waals surface area (Å²) in [6.45, 7) is 0. The van der Waals surface area contributed by atoms with Crippen molar-refractivity contribution in [3.8, 4) is 5.75 Å². The Morgan fingerprint density at radius 2 is 2.22 bits per heavy atom. The molecule has 0 aliphatic heterocycles. The molecule has 0 fully saturated rings. The number of halogens is 2. The van der Waals surface area contributed by atoms with E-state index in [0.717, 1.165) is 4.47 Å². The summed E-state index contributed by atoms with van der Waals surface area (Å²) in [6, 6.07) is 7.00. The molecule has 0 spiro atoms. The lowest BCUT2D eigenvalue weighted by Crippen LogP contribution is -2.11. The van der Waals surface area contributed by atoms with E-state index in [9.17, 15) is 4.79 Å². The third-order valence-corrected chi connectivity index (χ3v) is 4.36. The number of hydrogen-bond donors (Lipinski definition) is 1. The first-order valence-electron chi connectivity index (χ1n) is 4.99. The van der Waals surface area contributed by atoms with E-state index in [4.69, 9.17) is 16.3 Å². The van der Waals surface area contributed by atoms with Gasteiger partial charge in [-0.05, 0) is 45.6 Å². The average Bonchev–Trinajstić information content (AvgIpc) is 2.82. The Hall–Kier alpha value is -1.04. The lowest BCUT2D eigenvalue weighted by molar-refractivity contribution is 0.102. The smallest absolute Gasteiger partial charge is 0.269 e. The van der Waals surface area contributed by atoms with Crippen molar-refractivity contribution >= 4 is 50.5 Å². The first-order chi connectivity index (χ1) is 8.61. The SMILES string of the molecule is COc1ccsc1C(=O)Nc1ccc(Br)c(Cl)c1. The first-order valence-corrected chi connectivity index (χ1v) is 7.04. The molecule has 0 radical (unpaired) electrons. The number of hydrogen-bond acceptors (Lipinski definition) is 3. The van der Waals surface area contributed by atoms with Crippen LogP contribution in [0.1, 0.15) is 9.67 Å². The molecule has 6 heteroatoms. The summed E-state index contributed by atoms with van der Waals surface area (Å²) in [5.74, 6) is 0.362. The zero-order valence-electron chi connectivity index (χ0n) is 9.37. The van der Waals surface area contributed by atoms with Crippen LogP contribution >= 0.6 is 38.9 Å². The molecule has 0 saturated heterocycles. The van der Waals surface area contributed by atoms with Gasteiger partial charge in [0.25, 0.3) is 5.91 Å². The van der Waals surface area contributed by atoms with E-state index >= 15 is 0 Å². The van der Waals surface area contributed by atoms with Crippen LogP contribution < -0.4 is 10.1 Å². The number of carbonyl (C=O) groups excluding carboxylic acids is 1. The van der Waals surface area contributed by atoms with Crippen LogP contribution in [-0.4, -0.2) is 13.0 Å². The topological polar surface area (TPSA) is 38.3 Å². The van der Waals surface area contributed by atoms with Crippen LogP contribution in [0.25, 0.3) is 0 Å². The third kappa shape index (κ3) is 2.85. The minimum atomic E-state index is -0.208. The maximum Gasteiger partial charge on any atom is 0.269 e. The van der Waals surface area contributed by atoms with E-state index in [1.165, 1.54) is 18.4 Å². The number of methoxy groups -OCH3 is 1. The van der Waals surface area contributed by atoms with Crippen molar-refractivity contribution < 1.29 is 9.53 Å². The quantitative estimate of drug-likeness (QED) is 0.893. The molecule has 2 rings (SSSR count). The molecule has 0 atom stereocenters. The van der Waals surface area contributed by atoms with Crippen LogP contribution in [0.15, 0.2) is 34.1 Å². The maximum absolute atomic E-state index is 12.0. The van der Waals surface area contributed by atoms with Crippen molar-refractivity contribution in [2.45, 2.75) is 0 Å². The number of benzene rings is 1. The van der Waals surface area contributed by atoms with Gasteiger partial charge in [0.15, 0.2) is 0 Å². The molecule has 94 valence electrons. The zero-order chi connectivity index (χ0) is 13.1. The van der Waals surface area contributed by atoms with Crippen LogP contribution in [0.2, 0.25) is 5.02 Å². The molecule has 1 heterocycles. The summed E-state index contributed by atoms with van der Waals surface area (Å²) in [6.07, 6.45) is 0. The van der Waals surface area contributed by atoms with Crippen molar-refractivity contribution in [2.75, 3.05) is 12.4 Å². The van der Waals surface area contributed by atoms with Gasteiger partial charge in [0, 0.05) is 10.2 Å². The molecule has 18 heavy (non-hydrogen) atoms. The molecule has 1 N–H and O–H groups in total. The minimum absolute atomic E-state index is 0.208. The Morgan fingerprint density at radius 1 is 1.44 bits per heavy atom. The first kappa shape index (κ1) is 13.4. The fraction of sp³-hybridized carbons (Fsp3) is 0.0833. The molecule has 2 aromatic rings. The van der Waals surface area contributed by atoms with Gasteiger partial charge in [0.1, 0.15) is 10.6 Å². The van der Waals surface area contributed by atoms with Crippen LogP contribution in [-0.2, 0) is 0 Å². The summed E-state index contributed by atoms with van der Waals surface area (Å²) < 4.78 is 5.89. The molecule has 1 amide bonds. The van der Waals surface area contributed by atoms with E-state index < -0.39 is 0 Å². The number of carbonyl (C=O) groups is 1. The molecule has 1 aromatic heterocycles. The molecular formula is C12H9BrClNO2S. The number of thiophene rings is 1. The highest BCUT2D eigenvalue weighted by Gasteiger charge is 2.14. The van der Waals surface area contributed by atoms with Gasteiger partial charge in [0.2, 0.25) is 0 Å². The average molecular weight is 347 g/mol. The van der Waals surface area contributed by atoms with Crippen molar-refractivity contribution in [2.24, 2.45) is 0 Å². The summed E-state index contributed by atoms with van der Waals surface area (Å²) in [5.41, 5.74) is 0.642. The fourth-order valence-electron chi connectivity index (χ4n) is 1.39. The molecule has 0 saturated carbocycles. The Kier molecular flexibility index (Phi) is 4.27. The van der Waals surface area contributed by atoms with Gasteiger partial charge in [-0.3, -0.25) is 4.79 Å². The number of ether oxygens (including phenoxy) is 1. The monoisotopic (exact) mass is 345 g/mol. The van der Waals surface area contributed by atoms with Crippen LogP contribution in [0.5, 0.6) is 5.75 Å². The Bertz CT molecular complexity index is 585. The molecule has 0 aliphatic carbocycles. The molecular weight excluding hydrogens is 338 g/mol. The normalized spacial score (nSPS) is 10.2. The van der Waals surface area contributed by atoms with E-state index in [2.05, 4.69) is 21.2 Å². The summed E-state index contributed by atoms with van der Waals surface area (Å²) in [5, 5.41) is 5.13. The van der Waals surface area contributed by atoms with Crippen LogP contribution in [0.3, 0.4) is 0 Å². The second-order valence-corrected chi connectivity index (χ2v) is 5.58. The summed E-state index contributed by atoms with van der Waals surface area (Å²) in [7, 11) is 1.54. The van der Waals surface area contributed by atoms with Crippen molar-refractivity contribution in [1.29, 1.82) is 0 Å². The number of nitrogens with one attached hydrogen (secondary N) is 1. The van der Waals surface area contributed by atoms with Crippen LogP contribution in [0.4, 0.5) is 5.69 Å². The molecule has 3 nitrogen and oxygen atoms in total. The van der Waals surface area contributed by atoms with E-state index in [1.807, 2.05) is 5.38 Å². The van der Waals surface area contributed by atoms with Gasteiger partial charge in [0.05, 0.1) is 12.1 Å². The zero-order valence-corrected chi connectivity index (χ0v) is 12.5. The molecule has 1 aromatic carbocycles. The Morgan fingerprint density at radius 3 is 2.89 bits per heavy atom. The number of amides is 1. The highest BCUT2D eigenvalue weighted by atomic mass is 79.9.